The summed E-state index contributed by atoms with van der Waals surface area (Å²) in [4.78, 5) is 27.3. The van der Waals surface area contributed by atoms with Crippen molar-refractivity contribution in [3.8, 4) is 6.07 Å². The Kier molecular flexibility index (Phi) is 4.90. The quantitative estimate of drug-likeness (QED) is 0.784. The lowest BCUT2D eigenvalue weighted by molar-refractivity contribution is -0.121. The lowest BCUT2D eigenvalue weighted by atomic mass is 10.1. The van der Waals surface area contributed by atoms with Crippen LogP contribution >= 0.6 is 11.6 Å². The van der Waals surface area contributed by atoms with E-state index in [1.165, 1.54) is 21.9 Å². The molecule has 1 heterocycles. The predicted molar refractivity (Wildman–Crippen MR) is 90.7 cm³/mol. The molecule has 0 atom stereocenters. The normalized spacial score (nSPS) is 15.2. The van der Waals surface area contributed by atoms with Gasteiger partial charge in [-0.15, -0.1) is 0 Å². The van der Waals surface area contributed by atoms with E-state index in [-0.39, 0.29) is 29.7 Å². The van der Waals surface area contributed by atoms with Crippen LogP contribution in [0.2, 0.25) is 5.02 Å². The number of amides is 2. The Morgan fingerprint density at radius 2 is 2.04 bits per heavy atom. The average Bonchev–Trinajstić information content (AvgIpc) is 2.48. The second-order valence-corrected chi connectivity index (χ2v) is 6.84. The molecule has 0 radical (unpaired) electrons. The second kappa shape index (κ2) is 6.57. The molecule has 0 aromatic heterocycles. The first-order valence-electron chi connectivity index (χ1n) is 7.40. The molecule has 128 valence electrons. The summed E-state index contributed by atoms with van der Waals surface area (Å²) in [5.41, 5.74) is 6.08. The molecule has 7 nitrogen and oxygen atoms in total. The Balaban J connectivity index is 2.18. The fourth-order valence-electron chi connectivity index (χ4n) is 2.30. The molecule has 1 aliphatic heterocycles. The van der Waals surface area contributed by atoms with Gasteiger partial charge in [-0.05, 0) is 32.9 Å². The maximum atomic E-state index is 12.4. The molecule has 2 rings (SSSR count). The van der Waals surface area contributed by atoms with Crippen molar-refractivity contribution in [2.24, 2.45) is 0 Å². The summed E-state index contributed by atoms with van der Waals surface area (Å²) in [5, 5.41) is 9.26. The van der Waals surface area contributed by atoms with E-state index < -0.39 is 11.7 Å². The van der Waals surface area contributed by atoms with Crippen LogP contribution in [0.15, 0.2) is 12.1 Å². The maximum Gasteiger partial charge on any atom is 0.410 e. The van der Waals surface area contributed by atoms with Gasteiger partial charge in [-0.3, -0.25) is 9.69 Å². The van der Waals surface area contributed by atoms with Crippen LogP contribution in [0.5, 0.6) is 0 Å². The summed E-state index contributed by atoms with van der Waals surface area (Å²) >= 11 is 6.17. The van der Waals surface area contributed by atoms with Crippen molar-refractivity contribution < 1.29 is 14.3 Å². The van der Waals surface area contributed by atoms with Gasteiger partial charge in [0.2, 0.25) is 5.91 Å². The van der Waals surface area contributed by atoms with Gasteiger partial charge < -0.3 is 15.4 Å². The molecule has 1 fully saturated rings. The van der Waals surface area contributed by atoms with Gasteiger partial charge in [-0.25, -0.2) is 4.79 Å². The monoisotopic (exact) mass is 350 g/mol. The molecule has 0 unspecified atom stereocenters. The predicted octanol–water partition coefficient (Wildman–Crippen LogP) is 2.38. The van der Waals surface area contributed by atoms with E-state index in [0.29, 0.717) is 17.8 Å². The molecule has 2 amide bonds. The Morgan fingerprint density at radius 3 is 2.58 bits per heavy atom. The molecule has 0 aliphatic carbocycles. The van der Waals surface area contributed by atoms with E-state index in [0.717, 1.165) is 0 Å². The molecule has 24 heavy (non-hydrogen) atoms. The fraction of sp³-hybridized carbons (Fsp3) is 0.438. The number of nitriles is 1. The van der Waals surface area contributed by atoms with E-state index in [1.54, 1.807) is 20.8 Å². The fourth-order valence-corrected chi connectivity index (χ4v) is 2.51. The third-order valence-corrected chi connectivity index (χ3v) is 3.79. The standard InChI is InChI=1S/C16H19ClN4O3/c1-16(2,3)24-15(23)20-4-5-21(13(22)9-20)12-7-10(8-18)6-11(19)14(12)17/h6-7H,4-5,9,19H2,1-3H3. The largest absolute Gasteiger partial charge is 0.444 e. The summed E-state index contributed by atoms with van der Waals surface area (Å²) in [5.74, 6) is -0.316. The highest BCUT2D eigenvalue weighted by atomic mass is 35.5. The van der Waals surface area contributed by atoms with Crippen molar-refractivity contribution in [1.29, 1.82) is 5.26 Å². The third-order valence-electron chi connectivity index (χ3n) is 3.37. The minimum absolute atomic E-state index is 0.123. The number of ether oxygens (including phenoxy) is 1. The van der Waals surface area contributed by atoms with Gasteiger partial charge >= 0.3 is 6.09 Å². The number of nitrogens with zero attached hydrogens (tertiary/aromatic N) is 3. The zero-order chi connectivity index (χ0) is 18.1. The van der Waals surface area contributed by atoms with Crippen LogP contribution in [0.3, 0.4) is 0 Å². The van der Waals surface area contributed by atoms with Crippen LogP contribution < -0.4 is 10.6 Å². The van der Waals surface area contributed by atoms with E-state index in [9.17, 15) is 9.59 Å². The van der Waals surface area contributed by atoms with Crippen LogP contribution in [-0.2, 0) is 9.53 Å². The average molecular weight is 351 g/mol. The first kappa shape index (κ1) is 17.9. The molecule has 1 aliphatic rings. The highest BCUT2D eigenvalue weighted by Gasteiger charge is 2.32. The van der Waals surface area contributed by atoms with Crippen molar-refractivity contribution >= 4 is 35.0 Å². The lowest BCUT2D eigenvalue weighted by Gasteiger charge is -2.35. The van der Waals surface area contributed by atoms with Crippen molar-refractivity contribution in [2.75, 3.05) is 30.3 Å². The number of rotatable bonds is 1. The number of benzene rings is 1. The van der Waals surface area contributed by atoms with Crippen LogP contribution in [-0.4, -0.2) is 42.1 Å². The van der Waals surface area contributed by atoms with Crippen molar-refractivity contribution in [1.82, 2.24) is 4.90 Å². The Hall–Kier alpha value is -2.46. The Morgan fingerprint density at radius 1 is 1.38 bits per heavy atom. The maximum absolute atomic E-state index is 12.4. The SMILES string of the molecule is CC(C)(C)OC(=O)N1CCN(c2cc(C#N)cc(N)c2Cl)C(=O)C1. The number of halogens is 1. The molecule has 0 saturated carbocycles. The zero-order valence-electron chi connectivity index (χ0n) is 13.8. The van der Waals surface area contributed by atoms with Crippen LogP contribution in [0.4, 0.5) is 16.2 Å². The number of nitrogens with two attached hydrogens (primary N) is 1. The number of carbonyl (C=O) groups is 2. The first-order valence-corrected chi connectivity index (χ1v) is 7.77. The van der Waals surface area contributed by atoms with Gasteiger partial charge in [0.05, 0.1) is 28.0 Å². The Labute approximate surface area is 145 Å². The van der Waals surface area contributed by atoms with Crippen LogP contribution in [0.25, 0.3) is 0 Å². The second-order valence-electron chi connectivity index (χ2n) is 6.46. The number of anilines is 2. The summed E-state index contributed by atoms with van der Waals surface area (Å²) < 4.78 is 5.27. The minimum atomic E-state index is -0.629. The highest BCUT2D eigenvalue weighted by molar-refractivity contribution is 6.36. The number of piperazine rings is 1. The number of hydrogen-bond acceptors (Lipinski definition) is 5. The topological polar surface area (TPSA) is 99.7 Å². The van der Waals surface area contributed by atoms with Crippen molar-refractivity contribution in [3.05, 3.63) is 22.7 Å². The van der Waals surface area contributed by atoms with Crippen molar-refractivity contribution in [2.45, 2.75) is 26.4 Å². The molecule has 8 heteroatoms. The van der Waals surface area contributed by atoms with E-state index >= 15 is 0 Å². The van der Waals surface area contributed by atoms with Gasteiger partial charge in [-0.2, -0.15) is 5.26 Å². The minimum Gasteiger partial charge on any atom is -0.444 e. The lowest BCUT2D eigenvalue weighted by Crippen LogP contribution is -2.53. The number of nitrogen functional groups attached to an aromatic ring is 1. The highest BCUT2D eigenvalue weighted by Crippen LogP contribution is 2.33. The van der Waals surface area contributed by atoms with Crippen LogP contribution in [0.1, 0.15) is 26.3 Å². The molecule has 2 N–H and O–H groups in total. The van der Waals surface area contributed by atoms with Crippen LogP contribution in [0, 0.1) is 11.3 Å². The molecule has 1 saturated heterocycles. The van der Waals surface area contributed by atoms with Crippen molar-refractivity contribution in [3.63, 3.8) is 0 Å². The summed E-state index contributed by atoms with van der Waals surface area (Å²) in [6.07, 6.45) is -0.535. The summed E-state index contributed by atoms with van der Waals surface area (Å²) in [7, 11) is 0. The smallest absolute Gasteiger partial charge is 0.410 e. The Bertz CT molecular complexity index is 721. The molecule has 0 bridgehead atoms. The molecular formula is C16H19ClN4O3. The van der Waals surface area contributed by atoms with E-state index in [2.05, 4.69) is 0 Å². The van der Waals surface area contributed by atoms with Gasteiger partial charge in [0.1, 0.15) is 12.1 Å². The zero-order valence-corrected chi connectivity index (χ0v) is 14.6. The summed E-state index contributed by atoms with van der Waals surface area (Å²) in [6.45, 7) is 5.71. The van der Waals surface area contributed by atoms with Gasteiger partial charge in [-0.1, -0.05) is 11.6 Å². The molecule has 0 spiro atoms. The van der Waals surface area contributed by atoms with Gasteiger partial charge in [0.15, 0.2) is 0 Å². The van der Waals surface area contributed by atoms with Gasteiger partial charge in [0.25, 0.3) is 0 Å². The third kappa shape index (κ3) is 3.89. The number of carbonyl (C=O) groups excluding carboxylic acids is 2. The number of hydrogen-bond donors (Lipinski definition) is 1. The molecule has 1 aromatic carbocycles. The summed E-state index contributed by atoms with van der Waals surface area (Å²) in [6, 6.07) is 4.95. The first-order chi connectivity index (χ1) is 11.1. The molecule has 1 aromatic rings. The van der Waals surface area contributed by atoms with E-state index in [4.69, 9.17) is 27.3 Å². The van der Waals surface area contributed by atoms with E-state index in [1.807, 2.05) is 6.07 Å². The van der Waals surface area contributed by atoms with Gasteiger partial charge in [0, 0.05) is 13.1 Å². The molecular weight excluding hydrogens is 332 g/mol.